The lowest BCUT2D eigenvalue weighted by atomic mass is 9.96. The van der Waals surface area contributed by atoms with Crippen molar-refractivity contribution in [2.75, 3.05) is 59.0 Å². The molecule has 0 radical (unpaired) electrons. The maximum atomic E-state index is 13.6. The van der Waals surface area contributed by atoms with E-state index >= 15 is 0 Å². The van der Waals surface area contributed by atoms with Crippen LogP contribution in [-0.4, -0.2) is 83.8 Å². The molecule has 2 aliphatic rings. The van der Waals surface area contributed by atoms with Gasteiger partial charge in [-0.05, 0) is 49.1 Å². The molecule has 2 aromatic rings. The quantitative estimate of drug-likeness (QED) is 0.797. The van der Waals surface area contributed by atoms with Crippen molar-refractivity contribution < 1.29 is 9.50 Å². The van der Waals surface area contributed by atoms with E-state index in [2.05, 4.69) is 33.5 Å². The van der Waals surface area contributed by atoms with Gasteiger partial charge in [0, 0.05) is 75.6 Å². The van der Waals surface area contributed by atoms with Gasteiger partial charge in [0.2, 0.25) is 0 Å². The third-order valence-corrected chi connectivity index (χ3v) is 6.80. The molecule has 6 heteroatoms. The highest BCUT2D eigenvalue weighted by molar-refractivity contribution is 5.84. The first-order valence-electron chi connectivity index (χ1n) is 10.6. The summed E-state index contributed by atoms with van der Waals surface area (Å²) in [7, 11) is 0. The number of H-pyrrole nitrogens is 1. The fourth-order valence-electron chi connectivity index (χ4n) is 4.93. The van der Waals surface area contributed by atoms with Gasteiger partial charge in [0.15, 0.2) is 0 Å². The fraction of sp³-hybridized carbons (Fsp3) is 0.636. The van der Waals surface area contributed by atoms with Crippen molar-refractivity contribution in [2.45, 2.75) is 20.4 Å². The molecule has 3 heterocycles. The standard InChI is InChI=1S/C22H33FN4O/c1-3-25-6-8-26(9-7-25)11-17-12-27(13-18(17)15-28)14-22-16(2)20-10-19(23)4-5-21(20)24-22/h4-5,10,17-18,24,28H,3,6-9,11-15H2,1-2H3. The summed E-state index contributed by atoms with van der Waals surface area (Å²) in [6, 6.07) is 4.94. The van der Waals surface area contributed by atoms with Crippen LogP contribution in [0.25, 0.3) is 10.9 Å². The number of aliphatic hydroxyl groups excluding tert-OH is 1. The third-order valence-electron chi connectivity index (χ3n) is 6.80. The molecular weight excluding hydrogens is 355 g/mol. The van der Waals surface area contributed by atoms with E-state index in [1.807, 2.05) is 6.07 Å². The van der Waals surface area contributed by atoms with Gasteiger partial charge in [-0.1, -0.05) is 6.92 Å². The number of aromatic amines is 1. The number of piperazine rings is 1. The molecule has 1 aromatic carbocycles. The number of fused-ring (bicyclic) bond motifs is 1. The highest BCUT2D eigenvalue weighted by atomic mass is 19.1. The zero-order valence-electron chi connectivity index (χ0n) is 17.1. The fourth-order valence-corrected chi connectivity index (χ4v) is 4.93. The zero-order chi connectivity index (χ0) is 19.7. The van der Waals surface area contributed by atoms with Crippen LogP contribution >= 0.6 is 0 Å². The van der Waals surface area contributed by atoms with Crippen molar-refractivity contribution in [1.82, 2.24) is 19.7 Å². The summed E-state index contributed by atoms with van der Waals surface area (Å²) in [5.74, 6) is 0.664. The Morgan fingerprint density at radius 1 is 1.07 bits per heavy atom. The molecule has 2 atom stereocenters. The van der Waals surface area contributed by atoms with E-state index in [0.717, 1.165) is 81.1 Å². The van der Waals surface area contributed by atoms with Crippen LogP contribution in [0, 0.1) is 24.6 Å². The Hall–Kier alpha value is -1.47. The Morgan fingerprint density at radius 2 is 1.79 bits per heavy atom. The van der Waals surface area contributed by atoms with Crippen LogP contribution in [0.2, 0.25) is 0 Å². The van der Waals surface area contributed by atoms with Gasteiger partial charge in [-0.3, -0.25) is 4.90 Å². The molecule has 2 unspecified atom stereocenters. The lowest BCUT2D eigenvalue weighted by molar-refractivity contribution is 0.106. The smallest absolute Gasteiger partial charge is 0.123 e. The first-order valence-corrected chi connectivity index (χ1v) is 10.6. The summed E-state index contributed by atoms with van der Waals surface area (Å²) >= 11 is 0. The molecule has 154 valence electrons. The number of aromatic nitrogens is 1. The second-order valence-electron chi connectivity index (χ2n) is 8.55. The molecule has 0 amide bonds. The van der Waals surface area contributed by atoms with Crippen LogP contribution in [-0.2, 0) is 6.54 Å². The Bertz CT molecular complexity index is 799. The molecule has 2 aliphatic heterocycles. The number of hydrogen-bond acceptors (Lipinski definition) is 4. The summed E-state index contributed by atoms with van der Waals surface area (Å²) in [4.78, 5) is 11.0. The monoisotopic (exact) mass is 388 g/mol. The van der Waals surface area contributed by atoms with E-state index in [4.69, 9.17) is 0 Å². The molecule has 2 N–H and O–H groups in total. The number of nitrogens with zero attached hydrogens (tertiary/aromatic N) is 3. The van der Waals surface area contributed by atoms with E-state index in [1.54, 1.807) is 6.07 Å². The normalized spacial score (nSPS) is 25.1. The lowest BCUT2D eigenvalue weighted by Crippen LogP contribution is -2.48. The number of aryl methyl sites for hydroxylation is 1. The number of hydrogen-bond donors (Lipinski definition) is 2. The predicted molar refractivity (Wildman–Crippen MR) is 111 cm³/mol. The average molecular weight is 389 g/mol. The molecule has 28 heavy (non-hydrogen) atoms. The molecule has 2 fully saturated rings. The zero-order valence-corrected chi connectivity index (χ0v) is 17.1. The van der Waals surface area contributed by atoms with Crippen molar-refractivity contribution >= 4 is 10.9 Å². The van der Waals surface area contributed by atoms with Crippen molar-refractivity contribution in [3.63, 3.8) is 0 Å². The molecule has 5 nitrogen and oxygen atoms in total. The minimum absolute atomic E-state index is 0.189. The number of likely N-dealkylation sites (tertiary alicyclic amines) is 1. The van der Waals surface area contributed by atoms with Gasteiger partial charge < -0.3 is 19.9 Å². The Morgan fingerprint density at radius 3 is 2.50 bits per heavy atom. The van der Waals surface area contributed by atoms with Gasteiger partial charge in [0.1, 0.15) is 5.82 Å². The van der Waals surface area contributed by atoms with Crippen LogP contribution in [0.15, 0.2) is 18.2 Å². The average Bonchev–Trinajstić information content (AvgIpc) is 3.23. The van der Waals surface area contributed by atoms with Crippen molar-refractivity contribution in [3.05, 3.63) is 35.3 Å². The Kier molecular flexibility index (Phi) is 6.01. The van der Waals surface area contributed by atoms with E-state index in [0.29, 0.717) is 11.8 Å². The second kappa shape index (κ2) is 8.49. The van der Waals surface area contributed by atoms with Crippen molar-refractivity contribution in [1.29, 1.82) is 0 Å². The predicted octanol–water partition coefficient (Wildman–Crippen LogP) is 2.29. The second-order valence-corrected chi connectivity index (χ2v) is 8.55. The molecule has 1 aromatic heterocycles. The lowest BCUT2D eigenvalue weighted by Gasteiger charge is -2.36. The van der Waals surface area contributed by atoms with E-state index in [9.17, 15) is 9.50 Å². The van der Waals surface area contributed by atoms with Crippen LogP contribution in [0.4, 0.5) is 4.39 Å². The van der Waals surface area contributed by atoms with Gasteiger partial charge >= 0.3 is 0 Å². The Balaban J connectivity index is 1.39. The van der Waals surface area contributed by atoms with Crippen molar-refractivity contribution in [3.8, 4) is 0 Å². The number of halogens is 1. The minimum atomic E-state index is -0.189. The largest absolute Gasteiger partial charge is 0.396 e. The van der Waals surface area contributed by atoms with E-state index in [-0.39, 0.29) is 12.4 Å². The number of likely N-dealkylation sites (N-methyl/N-ethyl adjacent to an activating group) is 1. The van der Waals surface area contributed by atoms with Crippen LogP contribution in [0.5, 0.6) is 0 Å². The number of aliphatic hydroxyl groups is 1. The molecule has 0 spiro atoms. The number of rotatable bonds is 6. The highest BCUT2D eigenvalue weighted by Gasteiger charge is 2.34. The summed E-state index contributed by atoms with van der Waals surface area (Å²) in [5.41, 5.74) is 3.29. The molecule has 4 rings (SSSR count). The van der Waals surface area contributed by atoms with Gasteiger partial charge in [0.25, 0.3) is 0 Å². The SMILES string of the molecule is CCN1CCN(CC2CN(Cc3[nH]c4ccc(F)cc4c3C)CC2CO)CC1. The van der Waals surface area contributed by atoms with Gasteiger partial charge in [-0.2, -0.15) is 0 Å². The highest BCUT2D eigenvalue weighted by Crippen LogP contribution is 2.29. The molecule has 0 saturated carbocycles. The summed E-state index contributed by atoms with van der Waals surface area (Å²) in [6.07, 6.45) is 0. The van der Waals surface area contributed by atoms with Crippen molar-refractivity contribution in [2.24, 2.45) is 11.8 Å². The maximum absolute atomic E-state index is 13.6. The maximum Gasteiger partial charge on any atom is 0.123 e. The van der Waals surface area contributed by atoms with Crippen LogP contribution < -0.4 is 0 Å². The van der Waals surface area contributed by atoms with Crippen LogP contribution in [0.1, 0.15) is 18.2 Å². The first-order chi connectivity index (χ1) is 13.6. The first kappa shape index (κ1) is 19.8. The third kappa shape index (κ3) is 4.10. The van der Waals surface area contributed by atoms with E-state index in [1.165, 1.54) is 6.07 Å². The summed E-state index contributed by atoms with van der Waals surface area (Å²) in [6.45, 7) is 14.1. The van der Waals surface area contributed by atoms with E-state index < -0.39 is 0 Å². The minimum Gasteiger partial charge on any atom is -0.396 e. The summed E-state index contributed by atoms with van der Waals surface area (Å²) in [5, 5.41) is 10.9. The topological polar surface area (TPSA) is 45.7 Å². The Labute approximate surface area is 167 Å². The number of benzene rings is 1. The summed E-state index contributed by atoms with van der Waals surface area (Å²) < 4.78 is 13.6. The van der Waals surface area contributed by atoms with Gasteiger partial charge in [-0.25, -0.2) is 4.39 Å². The number of nitrogens with one attached hydrogen (secondary N) is 1. The molecular formula is C22H33FN4O. The van der Waals surface area contributed by atoms with Gasteiger partial charge in [-0.15, -0.1) is 0 Å². The molecule has 0 bridgehead atoms. The molecule has 0 aliphatic carbocycles. The van der Waals surface area contributed by atoms with Crippen LogP contribution in [0.3, 0.4) is 0 Å². The molecule has 2 saturated heterocycles. The van der Waals surface area contributed by atoms with Gasteiger partial charge in [0.05, 0.1) is 0 Å².